The third-order valence-electron chi connectivity index (χ3n) is 5.19. The van der Waals surface area contributed by atoms with Crippen LogP contribution in [0.4, 0.5) is 4.79 Å². The fraction of sp³-hybridized carbons (Fsp3) is 0.391. The fourth-order valence-corrected chi connectivity index (χ4v) is 5.13. The van der Waals surface area contributed by atoms with Gasteiger partial charge in [-0.1, -0.05) is 60.7 Å². The van der Waals surface area contributed by atoms with Gasteiger partial charge < -0.3 is 4.74 Å². The average molecular weight is 398 g/mol. The van der Waals surface area contributed by atoms with Crippen LogP contribution in [0.2, 0.25) is 0 Å². The summed E-state index contributed by atoms with van der Waals surface area (Å²) in [6.07, 6.45) is 0. The van der Waals surface area contributed by atoms with E-state index >= 15 is 0 Å². The molecule has 0 aromatic heterocycles. The first-order valence-corrected chi connectivity index (χ1v) is 10.2. The van der Waals surface area contributed by atoms with Crippen molar-refractivity contribution in [3.05, 3.63) is 71.8 Å². The lowest BCUT2D eigenvalue weighted by Gasteiger charge is -2.39. The van der Waals surface area contributed by atoms with Gasteiger partial charge in [-0.25, -0.2) is 0 Å². The SMILES string of the molecule is CC1(C)COC(C)(C)N1C(=O)S[C@@](C)(C(=O)c1ccccc1)c1ccccc1. The molecule has 1 heterocycles. The van der Waals surface area contributed by atoms with Crippen molar-refractivity contribution in [3.8, 4) is 0 Å². The number of amides is 1. The first kappa shape index (κ1) is 20.6. The van der Waals surface area contributed by atoms with Gasteiger partial charge >= 0.3 is 0 Å². The fourth-order valence-electron chi connectivity index (χ4n) is 3.76. The minimum absolute atomic E-state index is 0.0895. The maximum Gasteiger partial charge on any atom is 0.285 e. The van der Waals surface area contributed by atoms with E-state index in [4.69, 9.17) is 4.74 Å². The van der Waals surface area contributed by atoms with Gasteiger partial charge in [0.25, 0.3) is 5.24 Å². The highest BCUT2D eigenvalue weighted by molar-refractivity contribution is 8.14. The highest BCUT2D eigenvalue weighted by Crippen LogP contribution is 2.45. The summed E-state index contributed by atoms with van der Waals surface area (Å²) in [5.74, 6) is -0.0895. The summed E-state index contributed by atoms with van der Waals surface area (Å²) in [5.41, 5.74) is 0.227. The molecular formula is C23H27NO3S. The molecule has 5 heteroatoms. The van der Waals surface area contributed by atoms with Gasteiger partial charge in [-0.2, -0.15) is 0 Å². The van der Waals surface area contributed by atoms with Gasteiger partial charge in [0.15, 0.2) is 5.78 Å². The van der Waals surface area contributed by atoms with Crippen molar-refractivity contribution < 1.29 is 14.3 Å². The van der Waals surface area contributed by atoms with E-state index in [2.05, 4.69) is 0 Å². The Balaban J connectivity index is 2.01. The number of rotatable bonds is 4. The Hall–Kier alpha value is -2.11. The van der Waals surface area contributed by atoms with Crippen LogP contribution in [0.3, 0.4) is 0 Å². The Morgan fingerprint density at radius 3 is 2.00 bits per heavy atom. The van der Waals surface area contributed by atoms with Gasteiger partial charge in [-0.15, -0.1) is 0 Å². The molecule has 0 spiro atoms. The molecule has 0 aliphatic carbocycles. The standard InChI is InChI=1S/C23H27NO3S/c1-21(2)16-27-22(3,4)24(21)20(26)28-23(5,18-14-10-7-11-15-18)19(25)17-12-8-6-9-13-17/h6-15H,16H2,1-5H3/t23-/m1/s1. The van der Waals surface area contributed by atoms with Crippen molar-refractivity contribution in [2.45, 2.75) is 50.6 Å². The highest BCUT2D eigenvalue weighted by atomic mass is 32.2. The summed E-state index contributed by atoms with van der Waals surface area (Å²) in [7, 11) is 0. The predicted octanol–water partition coefficient (Wildman–Crippen LogP) is 5.48. The van der Waals surface area contributed by atoms with Gasteiger partial charge in [0.2, 0.25) is 0 Å². The van der Waals surface area contributed by atoms with Crippen LogP contribution >= 0.6 is 11.8 Å². The molecular weight excluding hydrogens is 370 g/mol. The van der Waals surface area contributed by atoms with E-state index in [9.17, 15) is 9.59 Å². The third-order valence-corrected chi connectivity index (χ3v) is 6.38. The molecule has 3 rings (SSSR count). The Labute approximate surface area is 171 Å². The van der Waals surface area contributed by atoms with Gasteiger partial charge in [0, 0.05) is 5.56 Å². The number of carbonyl (C=O) groups is 2. The summed E-state index contributed by atoms with van der Waals surface area (Å²) in [6.45, 7) is 10.0. The number of hydrogen-bond acceptors (Lipinski definition) is 4. The minimum Gasteiger partial charge on any atom is -0.354 e. The zero-order valence-corrected chi connectivity index (χ0v) is 17.9. The molecule has 1 saturated heterocycles. The number of nitrogens with zero attached hydrogens (tertiary/aromatic N) is 1. The second-order valence-electron chi connectivity index (χ2n) is 8.35. The molecule has 1 amide bonds. The van der Waals surface area contributed by atoms with E-state index in [1.165, 1.54) is 0 Å². The Kier molecular flexibility index (Phi) is 5.43. The molecule has 4 nitrogen and oxygen atoms in total. The molecule has 1 atom stereocenters. The lowest BCUT2D eigenvalue weighted by molar-refractivity contribution is -0.0298. The molecule has 0 N–H and O–H groups in total. The summed E-state index contributed by atoms with van der Waals surface area (Å²) in [4.78, 5) is 28.7. The monoisotopic (exact) mass is 397 g/mol. The van der Waals surface area contributed by atoms with Gasteiger partial charge in [-0.05, 0) is 51.9 Å². The van der Waals surface area contributed by atoms with E-state index in [0.717, 1.165) is 17.3 Å². The number of hydrogen-bond donors (Lipinski definition) is 0. The van der Waals surface area contributed by atoms with Crippen LogP contribution in [-0.2, 0) is 9.48 Å². The molecule has 1 aliphatic rings. The van der Waals surface area contributed by atoms with Crippen molar-refractivity contribution >= 4 is 22.8 Å². The van der Waals surface area contributed by atoms with Gasteiger partial charge in [-0.3, -0.25) is 14.5 Å². The third kappa shape index (κ3) is 3.74. The second kappa shape index (κ2) is 7.37. The van der Waals surface area contributed by atoms with E-state index in [1.54, 1.807) is 17.0 Å². The first-order valence-electron chi connectivity index (χ1n) is 9.41. The number of thioether (sulfide) groups is 1. The minimum atomic E-state index is -1.05. The summed E-state index contributed by atoms with van der Waals surface area (Å²) in [6, 6.07) is 18.6. The van der Waals surface area contributed by atoms with Crippen LogP contribution in [0.15, 0.2) is 60.7 Å². The smallest absolute Gasteiger partial charge is 0.285 e. The molecule has 0 saturated carbocycles. The second-order valence-corrected chi connectivity index (χ2v) is 9.72. The molecule has 0 bridgehead atoms. The Morgan fingerprint density at radius 1 is 0.964 bits per heavy atom. The highest BCUT2D eigenvalue weighted by Gasteiger charge is 2.51. The molecule has 28 heavy (non-hydrogen) atoms. The van der Waals surface area contributed by atoms with Crippen LogP contribution in [0.5, 0.6) is 0 Å². The first-order chi connectivity index (χ1) is 13.1. The van der Waals surface area contributed by atoms with Crippen molar-refractivity contribution in [2.24, 2.45) is 0 Å². The van der Waals surface area contributed by atoms with E-state index in [1.807, 2.05) is 83.1 Å². The summed E-state index contributed by atoms with van der Waals surface area (Å²) in [5, 5.41) is -0.164. The number of ketones is 1. The molecule has 2 aromatic carbocycles. The van der Waals surface area contributed by atoms with Gasteiger partial charge in [0.05, 0.1) is 12.1 Å². The average Bonchev–Trinajstić information content (AvgIpc) is 2.89. The van der Waals surface area contributed by atoms with E-state index < -0.39 is 16.0 Å². The van der Waals surface area contributed by atoms with Crippen molar-refractivity contribution in [1.29, 1.82) is 0 Å². The topological polar surface area (TPSA) is 46.6 Å². The van der Waals surface area contributed by atoms with Crippen molar-refractivity contribution in [1.82, 2.24) is 4.90 Å². The number of carbonyl (C=O) groups excluding carboxylic acids is 2. The molecule has 0 unspecified atom stereocenters. The number of ether oxygens (including phenoxy) is 1. The maximum atomic E-state index is 13.5. The molecule has 148 valence electrons. The molecule has 1 aliphatic heterocycles. The van der Waals surface area contributed by atoms with E-state index in [0.29, 0.717) is 12.2 Å². The summed E-state index contributed by atoms with van der Waals surface area (Å²) < 4.78 is 4.81. The molecule has 2 aromatic rings. The lowest BCUT2D eigenvalue weighted by atomic mass is 9.91. The molecule has 0 radical (unpaired) electrons. The predicted molar refractivity (Wildman–Crippen MR) is 114 cm³/mol. The van der Waals surface area contributed by atoms with Crippen LogP contribution in [-0.4, -0.2) is 33.8 Å². The summed E-state index contributed by atoms with van der Waals surface area (Å²) >= 11 is 1.06. The van der Waals surface area contributed by atoms with Crippen LogP contribution < -0.4 is 0 Å². The quantitative estimate of drug-likeness (QED) is 0.641. The Bertz CT molecular complexity index is 848. The maximum absolute atomic E-state index is 13.5. The Morgan fingerprint density at radius 2 is 1.50 bits per heavy atom. The van der Waals surface area contributed by atoms with Crippen molar-refractivity contribution in [2.75, 3.05) is 6.61 Å². The zero-order valence-electron chi connectivity index (χ0n) is 17.1. The van der Waals surface area contributed by atoms with Crippen molar-refractivity contribution in [3.63, 3.8) is 0 Å². The molecule has 1 fully saturated rings. The van der Waals surface area contributed by atoms with E-state index in [-0.39, 0.29) is 11.0 Å². The van der Waals surface area contributed by atoms with Crippen LogP contribution in [0.1, 0.15) is 50.5 Å². The van der Waals surface area contributed by atoms with Crippen LogP contribution in [0, 0.1) is 0 Å². The normalized spacial score (nSPS) is 19.8. The number of Topliss-reactive ketones (excluding diaryl/α,β-unsaturated/α-hetero) is 1. The number of benzene rings is 2. The zero-order chi connectivity index (χ0) is 20.6. The van der Waals surface area contributed by atoms with Crippen LogP contribution in [0.25, 0.3) is 0 Å². The lowest BCUT2D eigenvalue weighted by Crippen LogP contribution is -2.52. The van der Waals surface area contributed by atoms with Gasteiger partial charge in [0.1, 0.15) is 10.5 Å². The largest absolute Gasteiger partial charge is 0.354 e.